The molecule has 2 aromatic carbocycles. The van der Waals surface area contributed by atoms with E-state index in [1.54, 1.807) is 0 Å². The Bertz CT molecular complexity index is 944. The molecule has 140 valence electrons. The predicted molar refractivity (Wildman–Crippen MR) is 95.2 cm³/mol. The Morgan fingerprint density at radius 3 is 2.74 bits per heavy atom. The molecule has 0 spiro atoms. The van der Waals surface area contributed by atoms with Gasteiger partial charge in [-0.1, -0.05) is 12.1 Å². The standard InChI is InChI=1S/C18H14F2N2O4S/c19-11-5-6-12(20)14(7-11)21-16(23)8-26-18(24)10-25-9-17-22-13-3-1-2-4-15(13)27-17/h1-7H,8-10H2,(H,21,23). The highest BCUT2D eigenvalue weighted by atomic mass is 32.1. The first-order valence-corrected chi connectivity index (χ1v) is 8.65. The smallest absolute Gasteiger partial charge is 0.332 e. The summed E-state index contributed by atoms with van der Waals surface area (Å²) in [6.45, 7) is -0.869. The monoisotopic (exact) mass is 392 g/mol. The second kappa shape index (κ2) is 8.65. The van der Waals surface area contributed by atoms with Gasteiger partial charge in [0.1, 0.15) is 23.2 Å². The number of nitrogens with zero attached hydrogens (tertiary/aromatic N) is 1. The van der Waals surface area contributed by atoms with Crippen LogP contribution in [-0.2, 0) is 25.7 Å². The van der Waals surface area contributed by atoms with Crippen LogP contribution in [0.4, 0.5) is 14.5 Å². The Morgan fingerprint density at radius 2 is 1.93 bits per heavy atom. The van der Waals surface area contributed by atoms with Crippen LogP contribution in [0.25, 0.3) is 10.2 Å². The van der Waals surface area contributed by atoms with Gasteiger partial charge in [-0.15, -0.1) is 11.3 Å². The number of hydrogen-bond donors (Lipinski definition) is 1. The van der Waals surface area contributed by atoms with E-state index < -0.39 is 30.1 Å². The van der Waals surface area contributed by atoms with E-state index in [9.17, 15) is 18.4 Å². The molecule has 6 nitrogen and oxygen atoms in total. The zero-order chi connectivity index (χ0) is 19.2. The Balaban J connectivity index is 1.40. The van der Waals surface area contributed by atoms with Crippen LogP contribution >= 0.6 is 11.3 Å². The first-order valence-electron chi connectivity index (χ1n) is 7.84. The lowest BCUT2D eigenvalue weighted by molar-refractivity contribution is -0.152. The minimum absolute atomic E-state index is 0.134. The molecule has 0 fully saturated rings. The van der Waals surface area contributed by atoms with Crippen molar-refractivity contribution >= 4 is 39.1 Å². The fraction of sp³-hybridized carbons (Fsp3) is 0.167. The zero-order valence-corrected chi connectivity index (χ0v) is 14.7. The lowest BCUT2D eigenvalue weighted by Crippen LogP contribution is -2.23. The normalized spacial score (nSPS) is 10.7. The molecule has 1 N–H and O–H groups in total. The van der Waals surface area contributed by atoms with Gasteiger partial charge >= 0.3 is 5.97 Å². The average Bonchev–Trinajstić information content (AvgIpc) is 3.06. The molecule has 1 amide bonds. The number of aromatic nitrogens is 1. The van der Waals surface area contributed by atoms with Crippen molar-refractivity contribution in [2.75, 3.05) is 18.5 Å². The van der Waals surface area contributed by atoms with E-state index in [1.165, 1.54) is 11.3 Å². The Hall–Kier alpha value is -2.91. The molecule has 0 atom stereocenters. The number of para-hydroxylation sites is 1. The van der Waals surface area contributed by atoms with E-state index in [1.807, 2.05) is 24.3 Å². The number of ether oxygens (including phenoxy) is 2. The highest BCUT2D eigenvalue weighted by Crippen LogP contribution is 2.21. The molecule has 0 bridgehead atoms. The highest BCUT2D eigenvalue weighted by Gasteiger charge is 2.12. The number of thiazole rings is 1. The van der Waals surface area contributed by atoms with Crippen molar-refractivity contribution in [1.29, 1.82) is 0 Å². The van der Waals surface area contributed by atoms with Crippen molar-refractivity contribution in [2.24, 2.45) is 0 Å². The summed E-state index contributed by atoms with van der Waals surface area (Å²) >= 11 is 1.45. The van der Waals surface area contributed by atoms with E-state index in [4.69, 9.17) is 9.47 Å². The maximum atomic E-state index is 13.4. The third-order valence-electron chi connectivity index (χ3n) is 3.35. The van der Waals surface area contributed by atoms with E-state index in [0.717, 1.165) is 28.4 Å². The third kappa shape index (κ3) is 5.28. The number of nitrogens with one attached hydrogen (secondary N) is 1. The number of rotatable bonds is 7. The number of anilines is 1. The van der Waals surface area contributed by atoms with Crippen molar-refractivity contribution in [2.45, 2.75) is 6.61 Å². The van der Waals surface area contributed by atoms with Crippen LogP contribution in [0, 0.1) is 11.6 Å². The van der Waals surface area contributed by atoms with E-state index in [-0.39, 0.29) is 18.9 Å². The minimum atomic E-state index is -0.796. The second-order valence-electron chi connectivity index (χ2n) is 5.40. The van der Waals surface area contributed by atoms with Crippen molar-refractivity contribution in [3.05, 3.63) is 59.1 Å². The minimum Gasteiger partial charge on any atom is -0.454 e. The number of halogens is 2. The number of hydrogen-bond acceptors (Lipinski definition) is 6. The summed E-state index contributed by atoms with van der Waals surface area (Å²) < 4.78 is 37.4. The first kappa shape index (κ1) is 18.9. The van der Waals surface area contributed by atoms with Crippen LogP contribution in [0.2, 0.25) is 0 Å². The SMILES string of the molecule is O=C(COC(=O)COCc1nc2ccccc2s1)Nc1cc(F)ccc1F. The summed E-state index contributed by atoms with van der Waals surface area (Å²) in [5, 5.41) is 2.83. The Kier molecular flexibility index (Phi) is 6.05. The molecule has 0 aliphatic heterocycles. The zero-order valence-electron chi connectivity index (χ0n) is 13.9. The molecule has 0 aliphatic carbocycles. The third-order valence-corrected chi connectivity index (χ3v) is 4.36. The topological polar surface area (TPSA) is 77.5 Å². The van der Waals surface area contributed by atoms with Gasteiger partial charge < -0.3 is 14.8 Å². The van der Waals surface area contributed by atoms with Crippen molar-refractivity contribution < 1.29 is 27.8 Å². The number of benzene rings is 2. The highest BCUT2D eigenvalue weighted by molar-refractivity contribution is 7.18. The van der Waals surface area contributed by atoms with Crippen LogP contribution in [0.15, 0.2) is 42.5 Å². The van der Waals surface area contributed by atoms with Gasteiger partial charge in [-0.25, -0.2) is 18.6 Å². The van der Waals surface area contributed by atoms with Gasteiger partial charge in [-0.2, -0.15) is 0 Å². The summed E-state index contributed by atoms with van der Waals surface area (Å²) in [6.07, 6.45) is 0. The van der Waals surface area contributed by atoms with Gasteiger partial charge in [-0.05, 0) is 24.3 Å². The molecule has 1 aromatic heterocycles. The van der Waals surface area contributed by atoms with Gasteiger partial charge in [0.25, 0.3) is 5.91 Å². The van der Waals surface area contributed by atoms with Crippen LogP contribution in [0.5, 0.6) is 0 Å². The molecule has 27 heavy (non-hydrogen) atoms. The van der Waals surface area contributed by atoms with Crippen LogP contribution in [-0.4, -0.2) is 30.1 Å². The summed E-state index contributed by atoms with van der Waals surface area (Å²) in [6, 6.07) is 10.2. The summed E-state index contributed by atoms with van der Waals surface area (Å²) in [4.78, 5) is 27.6. The van der Waals surface area contributed by atoms with Crippen molar-refractivity contribution in [1.82, 2.24) is 4.98 Å². The van der Waals surface area contributed by atoms with E-state index >= 15 is 0 Å². The van der Waals surface area contributed by atoms with Gasteiger partial charge in [0.2, 0.25) is 0 Å². The number of amides is 1. The number of carbonyl (C=O) groups excluding carboxylic acids is 2. The van der Waals surface area contributed by atoms with Gasteiger partial charge in [0.15, 0.2) is 6.61 Å². The maximum absolute atomic E-state index is 13.4. The summed E-state index contributed by atoms with van der Waals surface area (Å²) in [5.41, 5.74) is 0.521. The first-order chi connectivity index (χ1) is 13.0. The molecule has 0 unspecified atom stereocenters. The average molecular weight is 392 g/mol. The number of esters is 1. The maximum Gasteiger partial charge on any atom is 0.332 e. The molecule has 0 saturated heterocycles. The molecular weight excluding hydrogens is 378 g/mol. The fourth-order valence-corrected chi connectivity index (χ4v) is 3.08. The summed E-state index contributed by atoms with van der Waals surface area (Å²) in [5.74, 6) is -3.05. The number of carbonyl (C=O) groups is 2. The van der Waals surface area contributed by atoms with Crippen LogP contribution < -0.4 is 5.32 Å². The van der Waals surface area contributed by atoms with E-state index in [2.05, 4.69) is 10.3 Å². The second-order valence-corrected chi connectivity index (χ2v) is 6.52. The molecule has 3 aromatic rings. The molecule has 3 rings (SSSR count). The van der Waals surface area contributed by atoms with Crippen molar-refractivity contribution in [3.8, 4) is 0 Å². The van der Waals surface area contributed by atoms with Crippen molar-refractivity contribution in [3.63, 3.8) is 0 Å². The van der Waals surface area contributed by atoms with Gasteiger partial charge in [-0.3, -0.25) is 4.79 Å². The van der Waals surface area contributed by atoms with E-state index in [0.29, 0.717) is 5.01 Å². The molecular formula is C18H14F2N2O4S. The summed E-state index contributed by atoms with van der Waals surface area (Å²) in [7, 11) is 0. The Labute approximate surface area is 156 Å². The molecule has 0 aliphatic rings. The quantitative estimate of drug-likeness (QED) is 0.625. The molecule has 0 saturated carbocycles. The van der Waals surface area contributed by atoms with Crippen LogP contribution in [0.3, 0.4) is 0 Å². The molecule has 1 heterocycles. The number of fused-ring (bicyclic) bond motifs is 1. The molecule has 0 radical (unpaired) electrons. The lowest BCUT2D eigenvalue weighted by Gasteiger charge is -2.07. The largest absolute Gasteiger partial charge is 0.454 e. The Morgan fingerprint density at radius 1 is 1.11 bits per heavy atom. The molecule has 9 heteroatoms. The van der Waals surface area contributed by atoms with Gasteiger partial charge in [0, 0.05) is 6.07 Å². The predicted octanol–water partition coefficient (Wildman–Crippen LogP) is 3.27. The van der Waals surface area contributed by atoms with Gasteiger partial charge in [0.05, 0.1) is 22.5 Å². The lowest BCUT2D eigenvalue weighted by atomic mass is 10.3. The van der Waals surface area contributed by atoms with Crippen LogP contribution in [0.1, 0.15) is 5.01 Å². The fourth-order valence-electron chi connectivity index (χ4n) is 2.17.